The molecule has 0 spiro atoms. The quantitative estimate of drug-likeness (QED) is 0.777. The molecule has 0 atom stereocenters. The van der Waals surface area contributed by atoms with Crippen LogP contribution in [-0.4, -0.2) is 27.7 Å². The van der Waals surface area contributed by atoms with Crippen LogP contribution in [0.15, 0.2) is 48.5 Å². The van der Waals surface area contributed by atoms with Crippen LogP contribution in [0.2, 0.25) is 0 Å². The Morgan fingerprint density at radius 1 is 1.10 bits per heavy atom. The second kappa shape index (κ2) is 5.93. The Labute approximate surface area is 124 Å². The van der Waals surface area contributed by atoms with E-state index in [0.29, 0.717) is 6.54 Å². The average Bonchev–Trinajstić information content (AvgIpc) is 2.93. The maximum Gasteiger partial charge on any atom is 0.246 e. The van der Waals surface area contributed by atoms with Gasteiger partial charge in [0.1, 0.15) is 0 Å². The minimum absolute atomic E-state index is 0.571. The maximum absolute atomic E-state index is 5.74. The lowest BCUT2D eigenvalue weighted by Crippen LogP contribution is -2.29. The van der Waals surface area contributed by atoms with E-state index in [2.05, 4.69) is 27.1 Å². The van der Waals surface area contributed by atoms with E-state index in [4.69, 9.17) is 5.73 Å². The third kappa shape index (κ3) is 2.87. The number of aryl methyl sites for hydroxylation is 1. The van der Waals surface area contributed by atoms with Crippen molar-refractivity contribution in [3.05, 3.63) is 59.8 Å². The molecule has 2 aromatic heterocycles. The molecule has 108 valence electrons. The SMILES string of the molecule is Cc1cccc2nc(N(CCN)Cc3ccccc3)nn12. The summed E-state index contributed by atoms with van der Waals surface area (Å²) in [6.45, 7) is 4.08. The van der Waals surface area contributed by atoms with Crippen LogP contribution in [0.3, 0.4) is 0 Å². The summed E-state index contributed by atoms with van der Waals surface area (Å²) in [5, 5.41) is 4.60. The number of aromatic nitrogens is 3. The van der Waals surface area contributed by atoms with Crippen LogP contribution >= 0.6 is 0 Å². The molecule has 3 aromatic rings. The van der Waals surface area contributed by atoms with Gasteiger partial charge in [-0.2, -0.15) is 4.98 Å². The van der Waals surface area contributed by atoms with Crippen LogP contribution in [0.25, 0.3) is 5.65 Å². The molecule has 0 amide bonds. The zero-order valence-electron chi connectivity index (χ0n) is 12.1. The molecular formula is C16H19N5. The lowest BCUT2D eigenvalue weighted by atomic mass is 10.2. The van der Waals surface area contributed by atoms with Crippen LogP contribution in [0.1, 0.15) is 11.3 Å². The summed E-state index contributed by atoms with van der Waals surface area (Å²) in [5.41, 5.74) is 8.89. The van der Waals surface area contributed by atoms with Gasteiger partial charge in [-0.25, -0.2) is 4.52 Å². The van der Waals surface area contributed by atoms with Crippen molar-refractivity contribution in [3.8, 4) is 0 Å². The highest BCUT2D eigenvalue weighted by molar-refractivity contribution is 5.46. The summed E-state index contributed by atoms with van der Waals surface area (Å²) in [4.78, 5) is 6.72. The Kier molecular flexibility index (Phi) is 3.83. The standard InChI is InChI=1S/C16H19N5/c1-13-6-5-9-15-18-16(19-21(13)15)20(11-10-17)12-14-7-3-2-4-8-14/h2-9H,10-12,17H2,1H3. The van der Waals surface area contributed by atoms with Crippen LogP contribution in [0.5, 0.6) is 0 Å². The van der Waals surface area contributed by atoms with E-state index in [1.165, 1.54) is 5.56 Å². The molecule has 0 bridgehead atoms. The van der Waals surface area contributed by atoms with Crippen molar-refractivity contribution in [2.24, 2.45) is 5.73 Å². The molecule has 0 radical (unpaired) electrons. The van der Waals surface area contributed by atoms with Gasteiger partial charge in [0, 0.05) is 25.3 Å². The molecule has 2 N–H and O–H groups in total. The number of pyridine rings is 1. The number of benzene rings is 1. The molecule has 0 aliphatic heterocycles. The van der Waals surface area contributed by atoms with E-state index in [1.807, 2.05) is 47.8 Å². The number of hydrogen-bond acceptors (Lipinski definition) is 4. The summed E-state index contributed by atoms with van der Waals surface area (Å²) >= 11 is 0. The molecule has 21 heavy (non-hydrogen) atoms. The molecule has 0 unspecified atom stereocenters. The second-order valence-electron chi connectivity index (χ2n) is 5.04. The molecule has 2 heterocycles. The van der Waals surface area contributed by atoms with Crippen molar-refractivity contribution in [1.29, 1.82) is 0 Å². The van der Waals surface area contributed by atoms with Gasteiger partial charge in [0.25, 0.3) is 0 Å². The van der Waals surface area contributed by atoms with Crippen LogP contribution < -0.4 is 10.6 Å². The molecule has 0 saturated carbocycles. The Hall–Kier alpha value is -2.40. The number of nitrogens with zero attached hydrogens (tertiary/aromatic N) is 4. The second-order valence-corrected chi connectivity index (χ2v) is 5.04. The van der Waals surface area contributed by atoms with Crippen molar-refractivity contribution in [1.82, 2.24) is 14.6 Å². The number of hydrogen-bond donors (Lipinski definition) is 1. The van der Waals surface area contributed by atoms with E-state index in [1.54, 1.807) is 0 Å². The van der Waals surface area contributed by atoms with Crippen LogP contribution in [-0.2, 0) is 6.54 Å². The normalized spacial score (nSPS) is 11.0. The van der Waals surface area contributed by atoms with Gasteiger partial charge in [-0.15, -0.1) is 5.10 Å². The highest BCUT2D eigenvalue weighted by atomic mass is 15.4. The van der Waals surface area contributed by atoms with E-state index in [-0.39, 0.29) is 0 Å². The number of nitrogens with two attached hydrogens (primary N) is 1. The summed E-state index contributed by atoms with van der Waals surface area (Å²) in [7, 11) is 0. The molecule has 0 aliphatic rings. The molecule has 0 aliphatic carbocycles. The zero-order chi connectivity index (χ0) is 14.7. The number of fused-ring (bicyclic) bond motifs is 1. The van der Waals surface area contributed by atoms with Gasteiger partial charge in [-0.1, -0.05) is 36.4 Å². The van der Waals surface area contributed by atoms with Gasteiger partial charge in [0.2, 0.25) is 5.95 Å². The van der Waals surface area contributed by atoms with Crippen molar-refractivity contribution < 1.29 is 0 Å². The summed E-state index contributed by atoms with van der Waals surface area (Å²) in [6.07, 6.45) is 0. The average molecular weight is 281 g/mol. The molecule has 0 saturated heterocycles. The molecule has 0 fully saturated rings. The van der Waals surface area contributed by atoms with E-state index in [0.717, 1.165) is 30.4 Å². The van der Waals surface area contributed by atoms with Gasteiger partial charge in [0.15, 0.2) is 5.65 Å². The van der Waals surface area contributed by atoms with Crippen LogP contribution in [0.4, 0.5) is 5.95 Å². The molecular weight excluding hydrogens is 262 g/mol. The van der Waals surface area contributed by atoms with Crippen molar-refractivity contribution in [2.45, 2.75) is 13.5 Å². The molecule has 1 aromatic carbocycles. The van der Waals surface area contributed by atoms with Gasteiger partial charge < -0.3 is 10.6 Å². The predicted octanol–water partition coefficient (Wildman–Crippen LogP) is 2.00. The first-order valence-corrected chi connectivity index (χ1v) is 7.09. The van der Waals surface area contributed by atoms with Gasteiger partial charge in [-0.05, 0) is 24.6 Å². The first-order valence-electron chi connectivity index (χ1n) is 7.09. The van der Waals surface area contributed by atoms with Gasteiger partial charge in [0.05, 0.1) is 0 Å². The fraction of sp³-hybridized carbons (Fsp3) is 0.250. The highest BCUT2D eigenvalue weighted by Gasteiger charge is 2.13. The lowest BCUT2D eigenvalue weighted by molar-refractivity contribution is 0.753. The molecule has 3 rings (SSSR count). The van der Waals surface area contributed by atoms with Gasteiger partial charge in [-0.3, -0.25) is 0 Å². The Bertz CT molecular complexity index is 720. The first-order chi connectivity index (χ1) is 10.3. The summed E-state index contributed by atoms with van der Waals surface area (Å²) in [5.74, 6) is 0.721. The highest BCUT2D eigenvalue weighted by Crippen LogP contribution is 2.15. The topological polar surface area (TPSA) is 59.5 Å². The minimum Gasteiger partial charge on any atom is -0.334 e. The Morgan fingerprint density at radius 3 is 2.62 bits per heavy atom. The summed E-state index contributed by atoms with van der Waals surface area (Å²) < 4.78 is 1.86. The largest absolute Gasteiger partial charge is 0.334 e. The number of anilines is 1. The smallest absolute Gasteiger partial charge is 0.246 e. The fourth-order valence-corrected chi connectivity index (χ4v) is 2.37. The van der Waals surface area contributed by atoms with Gasteiger partial charge >= 0.3 is 0 Å². The van der Waals surface area contributed by atoms with Crippen molar-refractivity contribution in [3.63, 3.8) is 0 Å². The van der Waals surface area contributed by atoms with E-state index < -0.39 is 0 Å². The first kappa shape index (κ1) is 13.6. The fourth-order valence-electron chi connectivity index (χ4n) is 2.37. The molecule has 5 nitrogen and oxygen atoms in total. The Balaban J connectivity index is 1.93. The van der Waals surface area contributed by atoms with Crippen molar-refractivity contribution in [2.75, 3.05) is 18.0 Å². The number of rotatable bonds is 5. The van der Waals surface area contributed by atoms with Crippen molar-refractivity contribution >= 4 is 11.6 Å². The van der Waals surface area contributed by atoms with E-state index in [9.17, 15) is 0 Å². The third-order valence-corrected chi connectivity index (χ3v) is 3.44. The monoisotopic (exact) mass is 281 g/mol. The third-order valence-electron chi connectivity index (χ3n) is 3.44. The van der Waals surface area contributed by atoms with E-state index >= 15 is 0 Å². The summed E-state index contributed by atoms with van der Waals surface area (Å²) in [6, 6.07) is 16.3. The predicted molar refractivity (Wildman–Crippen MR) is 84.3 cm³/mol. The zero-order valence-corrected chi connectivity index (χ0v) is 12.1. The maximum atomic E-state index is 5.74. The minimum atomic E-state index is 0.571. The molecule has 5 heteroatoms. The lowest BCUT2D eigenvalue weighted by Gasteiger charge is -2.20. The Morgan fingerprint density at radius 2 is 1.90 bits per heavy atom. The van der Waals surface area contributed by atoms with Crippen LogP contribution in [0, 0.1) is 6.92 Å².